The number of amides is 1. The molecule has 0 aliphatic rings. The van der Waals surface area contributed by atoms with Crippen LogP contribution in [-0.4, -0.2) is 30.2 Å². The Labute approximate surface area is 199 Å². The van der Waals surface area contributed by atoms with E-state index in [4.69, 9.17) is 0 Å². The number of nitrogens with one attached hydrogen (secondary N) is 1. The molecule has 0 saturated carbocycles. The Kier molecular flexibility index (Phi) is 6.01. The Hall–Kier alpha value is -4.11. The number of carbonyl (C=O) groups is 1. The Morgan fingerprint density at radius 1 is 1.12 bits per heavy atom. The molecule has 1 aromatic carbocycles. The monoisotopic (exact) mass is 470 g/mol. The Morgan fingerprint density at radius 2 is 1.97 bits per heavy atom. The van der Waals surface area contributed by atoms with E-state index in [0.717, 1.165) is 22.3 Å². The van der Waals surface area contributed by atoms with E-state index in [0.29, 0.717) is 22.6 Å². The van der Waals surface area contributed by atoms with Gasteiger partial charge in [0.1, 0.15) is 4.83 Å². The fourth-order valence-corrected chi connectivity index (χ4v) is 4.59. The molecule has 5 rings (SSSR count). The van der Waals surface area contributed by atoms with Crippen molar-refractivity contribution < 1.29 is 4.79 Å². The van der Waals surface area contributed by atoms with Crippen LogP contribution in [0, 0.1) is 6.92 Å². The summed E-state index contributed by atoms with van der Waals surface area (Å²) < 4.78 is 3.17. The van der Waals surface area contributed by atoms with E-state index in [2.05, 4.69) is 20.4 Å². The molecule has 4 heterocycles. The van der Waals surface area contributed by atoms with Gasteiger partial charge in [0.05, 0.1) is 11.7 Å². The van der Waals surface area contributed by atoms with Crippen molar-refractivity contribution in [2.24, 2.45) is 0 Å². The maximum atomic E-state index is 13.2. The second-order valence-electron chi connectivity index (χ2n) is 7.94. The molecule has 0 aliphatic heterocycles. The second-order valence-corrected chi connectivity index (χ2v) is 8.80. The van der Waals surface area contributed by atoms with Crippen LogP contribution in [0.5, 0.6) is 0 Å². The Balaban J connectivity index is 1.26. The number of thiophene rings is 1. The number of carbonyl (C=O) groups excluding carboxylic acids is 1. The molecule has 8 nitrogen and oxygen atoms in total. The van der Waals surface area contributed by atoms with Gasteiger partial charge in [-0.2, -0.15) is 5.10 Å². The highest BCUT2D eigenvalue weighted by molar-refractivity contribution is 7.17. The standard InChI is InChI=1S/C25H22N6O2S/c1-17-3-5-19(6-4-17)20-15-34-24-23(20)25(33)30(16-28-24)12-8-22(32)27-14-18-7-10-26-21(13-18)31-11-2-9-29-31/h2-7,9-11,13,15-16H,8,12,14H2,1H3,(H,27,32). The van der Waals surface area contributed by atoms with E-state index >= 15 is 0 Å². The number of hydrogen-bond donors (Lipinski definition) is 1. The summed E-state index contributed by atoms with van der Waals surface area (Å²) in [6.45, 7) is 2.65. The van der Waals surface area contributed by atoms with Crippen molar-refractivity contribution in [3.8, 4) is 16.9 Å². The topological polar surface area (TPSA) is 94.7 Å². The highest BCUT2D eigenvalue weighted by Crippen LogP contribution is 2.30. The largest absolute Gasteiger partial charge is 0.352 e. The quantitative estimate of drug-likeness (QED) is 0.391. The molecular formula is C25H22N6O2S. The number of rotatable bonds is 7. The van der Waals surface area contributed by atoms with Crippen molar-refractivity contribution in [2.45, 2.75) is 26.4 Å². The third-order valence-corrected chi connectivity index (χ3v) is 6.43. The van der Waals surface area contributed by atoms with E-state index in [9.17, 15) is 9.59 Å². The van der Waals surface area contributed by atoms with Gasteiger partial charge < -0.3 is 5.32 Å². The smallest absolute Gasteiger partial charge is 0.262 e. The van der Waals surface area contributed by atoms with E-state index < -0.39 is 0 Å². The average molecular weight is 471 g/mol. The number of aryl methyl sites for hydroxylation is 2. The Bertz CT molecular complexity index is 1500. The highest BCUT2D eigenvalue weighted by atomic mass is 32.1. The summed E-state index contributed by atoms with van der Waals surface area (Å²) in [4.78, 5) is 35.1. The number of nitrogens with zero attached hydrogens (tertiary/aromatic N) is 5. The van der Waals surface area contributed by atoms with Crippen LogP contribution in [-0.2, 0) is 17.9 Å². The van der Waals surface area contributed by atoms with Crippen LogP contribution in [0.15, 0.2) is 77.6 Å². The molecule has 0 spiro atoms. The average Bonchev–Trinajstić information content (AvgIpc) is 3.54. The lowest BCUT2D eigenvalue weighted by Gasteiger charge is -2.09. The van der Waals surface area contributed by atoms with Crippen molar-refractivity contribution >= 4 is 27.5 Å². The minimum absolute atomic E-state index is 0.132. The van der Waals surface area contributed by atoms with Crippen molar-refractivity contribution in [1.82, 2.24) is 29.6 Å². The van der Waals surface area contributed by atoms with Gasteiger partial charge in [-0.25, -0.2) is 14.6 Å². The van der Waals surface area contributed by atoms with Gasteiger partial charge >= 0.3 is 0 Å². The van der Waals surface area contributed by atoms with Gasteiger partial charge in [0, 0.05) is 49.0 Å². The molecule has 0 unspecified atom stereocenters. The van der Waals surface area contributed by atoms with Crippen molar-refractivity contribution in [2.75, 3.05) is 0 Å². The summed E-state index contributed by atoms with van der Waals surface area (Å²) in [5.41, 5.74) is 3.80. The predicted octanol–water partition coefficient (Wildman–Crippen LogP) is 3.72. The third kappa shape index (κ3) is 4.51. The first-order chi connectivity index (χ1) is 16.6. The minimum Gasteiger partial charge on any atom is -0.352 e. The Morgan fingerprint density at radius 3 is 2.76 bits per heavy atom. The first kappa shape index (κ1) is 21.7. The molecule has 0 atom stereocenters. The zero-order valence-corrected chi connectivity index (χ0v) is 19.3. The van der Waals surface area contributed by atoms with E-state index in [-0.39, 0.29) is 24.4 Å². The normalized spacial score (nSPS) is 11.1. The summed E-state index contributed by atoms with van der Waals surface area (Å²) in [6.07, 6.45) is 6.88. The number of hydrogen-bond acceptors (Lipinski definition) is 6. The van der Waals surface area contributed by atoms with E-state index in [1.54, 1.807) is 17.1 Å². The van der Waals surface area contributed by atoms with Crippen LogP contribution in [0.25, 0.3) is 27.2 Å². The van der Waals surface area contributed by atoms with Crippen LogP contribution >= 0.6 is 11.3 Å². The summed E-state index contributed by atoms with van der Waals surface area (Å²) in [5, 5.41) is 9.64. The fourth-order valence-electron chi connectivity index (χ4n) is 3.68. The number of benzene rings is 1. The molecule has 5 aromatic rings. The first-order valence-electron chi connectivity index (χ1n) is 10.8. The zero-order chi connectivity index (χ0) is 23.5. The van der Waals surface area contributed by atoms with Crippen LogP contribution in [0.4, 0.5) is 0 Å². The number of fused-ring (bicyclic) bond motifs is 1. The summed E-state index contributed by atoms with van der Waals surface area (Å²) in [5.74, 6) is 0.538. The molecule has 170 valence electrons. The third-order valence-electron chi connectivity index (χ3n) is 5.54. The van der Waals surface area contributed by atoms with Crippen molar-refractivity contribution in [1.29, 1.82) is 0 Å². The van der Waals surface area contributed by atoms with Gasteiger partial charge in [0.2, 0.25) is 5.91 Å². The lowest BCUT2D eigenvalue weighted by atomic mass is 10.1. The van der Waals surface area contributed by atoms with Crippen molar-refractivity contribution in [3.05, 3.63) is 94.2 Å². The molecule has 4 aromatic heterocycles. The zero-order valence-electron chi connectivity index (χ0n) is 18.5. The maximum absolute atomic E-state index is 13.2. The molecule has 0 saturated heterocycles. The van der Waals surface area contributed by atoms with E-state index in [1.807, 2.05) is 61.0 Å². The molecule has 1 N–H and O–H groups in total. The molecule has 9 heteroatoms. The molecule has 1 amide bonds. The molecule has 0 bridgehead atoms. The maximum Gasteiger partial charge on any atom is 0.262 e. The fraction of sp³-hybridized carbons (Fsp3) is 0.160. The van der Waals surface area contributed by atoms with E-state index in [1.165, 1.54) is 22.2 Å². The van der Waals surface area contributed by atoms with Crippen molar-refractivity contribution in [3.63, 3.8) is 0 Å². The first-order valence-corrected chi connectivity index (χ1v) is 11.7. The van der Waals surface area contributed by atoms with Gasteiger partial charge in [-0.15, -0.1) is 11.3 Å². The van der Waals surface area contributed by atoms with Gasteiger partial charge in [0.15, 0.2) is 5.82 Å². The molecule has 34 heavy (non-hydrogen) atoms. The number of pyridine rings is 1. The summed E-state index contributed by atoms with van der Waals surface area (Å²) in [6, 6.07) is 13.6. The van der Waals surface area contributed by atoms with Gasteiger partial charge in [-0.05, 0) is 36.2 Å². The van der Waals surface area contributed by atoms with Crippen LogP contribution < -0.4 is 10.9 Å². The molecular weight excluding hydrogens is 448 g/mol. The van der Waals surface area contributed by atoms with Crippen LogP contribution in [0.1, 0.15) is 17.5 Å². The molecule has 0 aliphatic carbocycles. The van der Waals surface area contributed by atoms with Gasteiger partial charge in [0.25, 0.3) is 5.56 Å². The second kappa shape index (κ2) is 9.40. The predicted molar refractivity (Wildman–Crippen MR) is 132 cm³/mol. The van der Waals surface area contributed by atoms with Crippen LogP contribution in [0.3, 0.4) is 0 Å². The highest BCUT2D eigenvalue weighted by Gasteiger charge is 2.14. The van der Waals surface area contributed by atoms with Gasteiger partial charge in [-0.1, -0.05) is 29.8 Å². The summed E-state index contributed by atoms with van der Waals surface area (Å²) >= 11 is 1.45. The molecule has 0 radical (unpaired) electrons. The number of aromatic nitrogens is 5. The van der Waals surface area contributed by atoms with Crippen LogP contribution in [0.2, 0.25) is 0 Å². The molecule has 0 fully saturated rings. The summed E-state index contributed by atoms with van der Waals surface area (Å²) in [7, 11) is 0. The van der Waals surface area contributed by atoms with Gasteiger partial charge in [-0.3, -0.25) is 14.2 Å². The lowest BCUT2D eigenvalue weighted by Crippen LogP contribution is -2.27. The minimum atomic E-state index is -0.145. The lowest BCUT2D eigenvalue weighted by molar-refractivity contribution is -0.121. The SMILES string of the molecule is Cc1ccc(-c2csc3ncn(CCC(=O)NCc4ccnc(-n5cccn5)c4)c(=O)c23)cc1.